The molecule has 4 N–H and O–H groups in total. The third kappa shape index (κ3) is 5.05. The Hall–Kier alpha value is -2.31. The van der Waals surface area contributed by atoms with Crippen molar-refractivity contribution in [2.45, 2.75) is 101 Å². The summed E-state index contributed by atoms with van der Waals surface area (Å²) in [6, 6.07) is 20.9. The molecule has 9 heteroatoms. The Bertz CT molecular complexity index is 1210. The van der Waals surface area contributed by atoms with Gasteiger partial charge in [0.2, 0.25) is 0 Å². The maximum Gasteiger partial charge on any atom is 0.315 e. The summed E-state index contributed by atoms with van der Waals surface area (Å²) in [6.07, 6.45) is 4.70. The zero-order valence-corrected chi connectivity index (χ0v) is 28.6. The van der Waals surface area contributed by atoms with Crippen molar-refractivity contribution >= 4 is 38.5 Å². The molecule has 0 amide bonds. The maximum atomic E-state index is 12.5. The van der Waals surface area contributed by atoms with E-state index in [1.165, 1.54) is 10.4 Å². The fraction of sp³-hybridized carbons (Fsp3) is 0.588. The van der Waals surface area contributed by atoms with Crippen LogP contribution in [0, 0.1) is 10.8 Å². The number of aliphatic hydroxyl groups is 2. The lowest BCUT2D eigenvalue weighted by atomic mass is 9.74. The monoisotopic (exact) mass is 626 g/mol. The molecule has 2 saturated heterocycles. The molecular formula is C34H50O7Si2. The predicted octanol–water partition coefficient (Wildman–Crippen LogP) is 4.08. The first-order valence-electron chi connectivity index (χ1n) is 15.5. The van der Waals surface area contributed by atoms with Crippen LogP contribution < -0.4 is 10.4 Å². The Balaban J connectivity index is 0.000000192. The first-order chi connectivity index (χ1) is 19.6. The number of cyclic esters (lactones) is 2. The molecular weight excluding hydrogens is 577 g/mol. The smallest absolute Gasteiger partial charge is 0.315 e. The molecule has 2 saturated carbocycles. The summed E-state index contributed by atoms with van der Waals surface area (Å²) < 4.78 is 11.0. The van der Waals surface area contributed by atoms with E-state index in [-0.39, 0.29) is 28.5 Å². The van der Waals surface area contributed by atoms with E-state index in [9.17, 15) is 19.8 Å². The van der Waals surface area contributed by atoms with Gasteiger partial charge in [-0.2, -0.15) is 0 Å². The van der Waals surface area contributed by atoms with Crippen LogP contribution in [-0.2, 0) is 19.1 Å². The van der Waals surface area contributed by atoms with Gasteiger partial charge < -0.3 is 25.2 Å². The molecule has 0 radical (unpaired) electrons. The van der Waals surface area contributed by atoms with Gasteiger partial charge in [0, 0.05) is 11.1 Å². The lowest BCUT2D eigenvalue weighted by Crippen LogP contribution is -2.57. The molecule has 2 spiro atoms. The zero-order valence-electron chi connectivity index (χ0n) is 26.6. The van der Waals surface area contributed by atoms with Crippen molar-refractivity contribution in [1.29, 1.82) is 0 Å². The highest BCUT2D eigenvalue weighted by atomic mass is 28.3. The maximum absolute atomic E-state index is 12.5. The minimum absolute atomic E-state index is 0. The van der Waals surface area contributed by atoms with Crippen molar-refractivity contribution in [3.05, 3.63) is 60.7 Å². The normalized spacial score (nSPS) is 35.3. The summed E-state index contributed by atoms with van der Waals surface area (Å²) in [5.74, 6) is -0.349. The third-order valence-corrected chi connectivity index (χ3v) is 20.3. The van der Waals surface area contributed by atoms with Gasteiger partial charge in [-0.15, -0.1) is 0 Å². The topological polar surface area (TPSA) is 125 Å². The number of carbonyl (C=O) groups excluding carboxylic acids is 2. The highest BCUT2D eigenvalue weighted by Gasteiger charge is 2.69. The molecule has 4 aliphatic rings. The summed E-state index contributed by atoms with van der Waals surface area (Å²) in [6.45, 7) is 13.8. The molecule has 7 nitrogen and oxygen atoms in total. The number of hydrogen-bond acceptors (Lipinski definition) is 6. The van der Waals surface area contributed by atoms with Gasteiger partial charge >= 0.3 is 11.9 Å². The molecule has 2 heterocycles. The van der Waals surface area contributed by atoms with Crippen LogP contribution in [0.25, 0.3) is 0 Å². The van der Waals surface area contributed by atoms with Gasteiger partial charge in [-0.3, -0.25) is 9.59 Å². The highest BCUT2D eigenvalue weighted by Crippen LogP contribution is 2.61. The molecule has 4 fully saturated rings. The number of ether oxygens (including phenoxy) is 2. The minimum atomic E-state index is -1.92. The van der Waals surface area contributed by atoms with Crippen LogP contribution in [-0.4, -0.2) is 68.2 Å². The van der Waals surface area contributed by atoms with Crippen LogP contribution in [0.2, 0.25) is 37.3 Å². The number of hydrogen-bond donors (Lipinski definition) is 2. The molecule has 6 atom stereocenters. The van der Waals surface area contributed by atoms with Gasteiger partial charge in [0.05, 0.1) is 40.6 Å². The van der Waals surface area contributed by atoms with E-state index < -0.39 is 38.2 Å². The van der Waals surface area contributed by atoms with E-state index in [1.807, 2.05) is 26.0 Å². The van der Waals surface area contributed by atoms with E-state index in [0.29, 0.717) is 26.1 Å². The number of rotatable bonds is 4. The molecule has 2 aromatic carbocycles. The zero-order chi connectivity index (χ0) is 30.6. The molecule has 43 heavy (non-hydrogen) atoms. The van der Waals surface area contributed by atoms with Crippen molar-refractivity contribution in [2.24, 2.45) is 10.8 Å². The van der Waals surface area contributed by atoms with Crippen LogP contribution in [0.5, 0.6) is 0 Å². The molecule has 2 aliphatic carbocycles. The summed E-state index contributed by atoms with van der Waals surface area (Å²) in [5.41, 5.74) is -3.00. The van der Waals surface area contributed by atoms with Crippen molar-refractivity contribution in [3.63, 3.8) is 0 Å². The summed E-state index contributed by atoms with van der Waals surface area (Å²) in [7, 11) is -3.84. The van der Waals surface area contributed by atoms with Gasteiger partial charge in [-0.1, -0.05) is 97.2 Å². The van der Waals surface area contributed by atoms with Gasteiger partial charge in [-0.05, 0) is 52.4 Å². The largest absolute Gasteiger partial charge is 0.465 e. The molecule has 0 aromatic heterocycles. The van der Waals surface area contributed by atoms with E-state index in [0.717, 1.165) is 25.7 Å². The second-order valence-electron chi connectivity index (χ2n) is 14.7. The van der Waals surface area contributed by atoms with Gasteiger partial charge in [0.1, 0.15) is 10.8 Å². The second kappa shape index (κ2) is 11.6. The van der Waals surface area contributed by atoms with Crippen molar-refractivity contribution in [2.75, 3.05) is 13.2 Å². The quantitative estimate of drug-likeness (QED) is 0.390. The molecule has 6 rings (SSSR count). The third-order valence-electron chi connectivity index (χ3n) is 11.8. The first-order valence-corrected chi connectivity index (χ1v) is 21.7. The van der Waals surface area contributed by atoms with Gasteiger partial charge in [0.15, 0.2) is 0 Å². The van der Waals surface area contributed by atoms with Crippen molar-refractivity contribution in [3.8, 4) is 0 Å². The Morgan fingerprint density at radius 3 is 1.23 bits per heavy atom. The molecule has 0 unspecified atom stereocenters. The number of carbonyl (C=O) groups is 2. The van der Waals surface area contributed by atoms with E-state index in [2.05, 4.69) is 74.7 Å². The molecule has 0 bridgehead atoms. The highest BCUT2D eigenvalue weighted by molar-refractivity contribution is 6.92. The Labute approximate surface area is 258 Å². The summed E-state index contributed by atoms with van der Waals surface area (Å²) >= 11 is 0. The number of benzene rings is 2. The fourth-order valence-corrected chi connectivity index (χ4v) is 16.6. The average molecular weight is 627 g/mol. The Morgan fingerprint density at radius 1 is 0.628 bits per heavy atom. The lowest BCUT2D eigenvalue weighted by Gasteiger charge is -2.43. The summed E-state index contributed by atoms with van der Waals surface area (Å²) in [5, 5.41) is 24.5. The van der Waals surface area contributed by atoms with Crippen molar-refractivity contribution in [1.82, 2.24) is 0 Å². The Morgan fingerprint density at radius 2 is 0.953 bits per heavy atom. The van der Waals surface area contributed by atoms with Crippen LogP contribution in [0.15, 0.2) is 60.7 Å². The average Bonchev–Trinajstić information content (AvgIpc) is 3.67. The van der Waals surface area contributed by atoms with Crippen molar-refractivity contribution < 1.29 is 34.8 Å². The van der Waals surface area contributed by atoms with E-state index in [4.69, 9.17) is 9.47 Å². The minimum Gasteiger partial charge on any atom is -0.465 e. The SMILES string of the molecule is C[C@@]1(O)CCC[C@]12C(=O)OC[C@H]2[Si](C)(C)c1ccccc1.C[C@]1(O)CCC[C@@]12C(=O)OC[C@@H]2[Si](C)(C)c1ccccc1.O. The lowest BCUT2D eigenvalue weighted by molar-refractivity contribution is -0.157. The number of esters is 2. The van der Waals surface area contributed by atoms with Crippen LogP contribution in [0.4, 0.5) is 0 Å². The van der Waals surface area contributed by atoms with E-state index in [1.54, 1.807) is 0 Å². The predicted molar refractivity (Wildman–Crippen MR) is 174 cm³/mol. The second-order valence-corrected chi connectivity index (χ2v) is 24.1. The van der Waals surface area contributed by atoms with Crippen LogP contribution >= 0.6 is 0 Å². The van der Waals surface area contributed by atoms with Gasteiger partial charge in [-0.25, -0.2) is 0 Å². The fourth-order valence-electron chi connectivity index (χ4n) is 9.08. The molecule has 236 valence electrons. The van der Waals surface area contributed by atoms with E-state index >= 15 is 0 Å². The van der Waals surface area contributed by atoms with Gasteiger partial charge in [0.25, 0.3) is 0 Å². The summed E-state index contributed by atoms with van der Waals surface area (Å²) in [4.78, 5) is 25.1. The molecule has 2 aromatic rings. The van der Waals surface area contributed by atoms with Crippen LogP contribution in [0.3, 0.4) is 0 Å². The Kier molecular flexibility index (Phi) is 9.03. The standard InChI is InChI=1S/2C17H24O3Si.H2O/c2*1-16(19)10-7-11-17(16)14(12-20-15(17)18)21(2,3)13-8-5-4-6-9-13;/h2*4-6,8-9,14,19H,7,10-12H2,1-3H3;1H2/t2*14-,16-,17+;/m10./s1. The van der Waals surface area contributed by atoms with Crippen LogP contribution in [0.1, 0.15) is 52.4 Å². The first kappa shape index (κ1) is 33.6. The molecule has 2 aliphatic heterocycles.